The lowest BCUT2D eigenvalue weighted by Crippen LogP contribution is -2.49. The average Bonchev–Trinajstić information content (AvgIpc) is 2.83. The summed E-state index contributed by atoms with van der Waals surface area (Å²) < 4.78 is 8.30. The minimum atomic E-state index is -0.640. The van der Waals surface area contributed by atoms with E-state index in [9.17, 15) is 14.4 Å². The van der Waals surface area contributed by atoms with Gasteiger partial charge < -0.3 is 10.5 Å². The van der Waals surface area contributed by atoms with Gasteiger partial charge in [-0.05, 0) is 55.0 Å². The third kappa shape index (κ3) is 5.33. The quantitative estimate of drug-likeness (QED) is 0.576. The van der Waals surface area contributed by atoms with E-state index in [0.29, 0.717) is 29.8 Å². The van der Waals surface area contributed by atoms with E-state index in [4.69, 9.17) is 10.5 Å². The number of aromatic amines is 1. The number of rotatable bonds is 6. The third-order valence-electron chi connectivity index (χ3n) is 6.14. The molecule has 3 aromatic rings. The monoisotopic (exact) mass is 464 g/mol. The molecule has 0 radical (unpaired) electrons. The SMILES string of the molecule is Cn1c(=O)[nH]/c(=N\c2ccc(Oc3cccc(C(N)=O)n3)cc2)n(C[C@H]2CC[C@H](C)CC2)c1=O. The van der Waals surface area contributed by atoms with Gasteiger partial charge >= 0.3 is 11.4 Å². The summed E-state index contributed by atoms with van der Waals surface area (Å²) in [5.74, 6) is 1.15. The van der Waals surface area contributed by atoms with Crippen LogP contribution < -0.4 is 27.5 Å². The van der Waals surface area contributed by atoms with Gasteiger partial charge in [-0.15, -0.1) is 0 Å². The van der Waals surface area contributed by atoms with Crippen LogP contribution in [0.3, 0.4) is 0 Å². The van der Waals surface area contributed by atoms with Crippen LogP contribution >= 0.6 is 0 Å². The molecule has 10 heteroatoms. The van der Waals surface area contributed by atoms with Gasteiger partial charge in [0, 0.05) is 19.7 Å². The van der Waals surface area contributed by atoms with Crippen LogP contribution in [0.2, 0.25) is 0 Å². The summed E-state index contributed by atoms with van der Waals surface area (Å²) in [5.41, 5.74) is 5.22. The molecule has 178 valence electrons. The van der Waals surface area contributed by atoms with Crippen molar-refractivity contribution >= 4 is 11.6 Å². The molecule has 0 saturated heterocycles. The largest absolute Gasteiger partial charge is 0.439 e. The van der Waals surface area contributed by atoms with Crippen LogP contribution in [-0.4, -0.2) is 25.0 Å². The summed E-state index contributed by atoms with van der Waals surface area (Å²) in [7, 11) is 1.46. The summed E-state index contributed by atoms with van der Waals surface area (Å²) in [6.45, 7) is 2.76. The molecule has 34 heavy (non-hydrogen) atoms. The predicted molar refractivity (Wildman–Crippen MR) is 126 cm³/mol. The van der Waals surface area contributed by atoms with Gasteiger partial charge in [0.05, 0.1) is 5.69 Å². The first-order valence-corrected chi connectivity index (χ1v) is 11.3. The number of carbonyl (C=O) groups excluding carboxylic acids is 1. The van der Waals surface area contributed by atoms with Gasteiger partial charge in [0.2, 0.25) is 11.5 Å². The van der Waals surface area contributed by atoms with Gasteiger partial charge in [-0.1, -0.05) is 25.8 Å². The lowest BCUT2D eigenvalue weighted by atomic mass is 9.83. The van der Waals surface area contributed by atoms with Crippen molar-refractivity contribution in [2.75, 3.05) is 0 Å². The number of hydrogen-bond donors (Lipinski definition) is 2. The smallest absolute Gasteiger partial charge is 0.334 e. The first kappa shape index (κ1) is 23.2. The normalized spacial score (nSPS) is 18.6. The van der Waals surface area contributed by atoms with Crippen LogP contribution in [0.4, 0.5) is 5.69 Å². The van der Waals surface area contributed by atoms with E-state index in [1.165, 1.54) is 13.1 Å². The maximum absolute atomic E-state index is 12.9. The van der Waals surface area contributed by atoms with Crippen molar-refractivity contribution in [3.63, 3.8) is 0 Å². The number of H-pyrrole nitrogens is 1. The highest BCUT2D eigenvalue weighted by Gasteiger charge is 2.20. The molecule has 3 N–H and O–H groups in total. The summed E-state index contributed by atoms with van der Waals surface area (Å²) in [4.78, 5) is 47.7. The van der Waals surface area contributed by atoms with Crippen LogP contribution in [0, 0.1) is 11.8 Å². The van der Waals surface area contributed by atoms with Gasteiger partial charge in [0.1, 0.15) is 11.4 Å². The standard InChI is InChI=1S/C24H28N6O4/c1-15-6-8-16(9-7-15)14-30-22(28-23(32)29(2)24(30)33)26-17-10-12-18(13-11-17)34-20-5-3-4-19(27-20)21(25)31/h3-5,10-13,15-16H,6-9,14H2,1-2H3,(H2,25,31)(H,26,28,32)/t15-,16-. The Morgan fingerprint density at radius 1 is 1.15 bits per heavy atom. The minimum absolute atomic E-state index is 0.107. The number of nitrogens with zero attached hydrogens (tertiary/aromatic N) is 4. The van der Waals surface area contributed by atoms with Gasteiger partial charge in [-0.2, -0.15) is 0 Å². The van der Waals surface area contributed by atoms with Crippen molar-refractivity contribution in [2.45, 2.75) is 39.2 Å². The van der Waals surface area contributed by atoms with Gasteiger partial charge in [0.25, 0.3) is 5.91 Å². The van der Waals surface area contributed by atoms with Crippen molar-refractivity contribution in [3.8, 4) is 11.6 Å². The number of aromatic nitrogens is 4. The molecule has 0 unspecified atom stereocenters. The first-order valence-electron chi connectivity index (χ1n) is 11.3. The highest BCUT2D eigenvalue weighted by Crippen LogP contribution is 2.28. The number of ether oxygens (including phenoxy) is 1. The summed E-state index contributed by atoms with van der Waals surface area (Å²) in [5, 5.41) is 0. The molecule has 1 fully saturated rings. The number of amides is 1. The number of benzene rings is 1. The molecule has 1 aliphatic carbocycles. The number of nitrogens with one attached hydrogen (secondary N) is 1. The molecule has 1 amide bonds. The highest BCUT2D eigenvalue weighted by atomic mass is 16.5. The van der Waals surface area contributed by atoms with E-state index < -0.39 is 11.6 Å². The fourth-order valence-corrected chi connectivity index (χ4v) is 4.07. The highest BCUT2D eigenvalue weighted by molar-refractivity contribution is 5.90. The number of pyridine rings is 1. The van der Waals surface area contributed by atoms with E-state index in [-0.39, 0.29) is 22.9 Å². The summed E-state index contributed by atoms with van der Waals surface area (Å²) in [6.07, 6.45) is 4.37. The Morgan fingerprint density at radius 2 is 1.85 bits per heavy atom. The van der Waals surface area contributed by atoms with E-state index >= 15 is 0 Å². The lowest BCUT2D eigenvalue weighted by Gasteiger charge is -2.26. The number of primary amides is 1. The van der Waals surface area contributed by atoms with Crippen molar-refractivity contribution < 1.29 is 9.53 Å². The first-order chi connectivity index (χ1) is 16.3. The molecule has 0 atom stereocenters. The molecule has 2 heterocycles. The molecular formula is C24H28N6O4. The predicted octanol–water partition coefficient (Wildman–Crippen LogP) is 2.22. The maximum atomic E-state index is 12.9. The molecule has 1 saturated carbocycles. The molecule has 4 rings (SSSR count). The molecule has 0 spiro atoms. The zero-order chi connectivity index (χ0) is 24.2. The third-order valence-corrected chi connectivity index (χ3v) is 6.14. The van der Waals surface area contributed by atoms with Gasteiger partial charge in [-0.25, -0.2) is 24.1 Å². The summed E-state index contributed by atoms with van der Waals surface area (Å²) in [6, 6.07) is 11.5. The van der Waals surface area contributed by atoms with Crippen molar-refractivity contribution in [3.05, 3.63) is 74.7 Å². The summed E-state index contributed by atoms with van der Waals surface area (Å²) >= 11 is 0. The number of nitrogens with two attached hydrogens (primary N) is 1. The molecule has 1 aromatic carbocycles. The number of carbonyl (C=O) groups is 1. The Balaban J connectivity index is 1.61. The van der Waals surface area contributed by atoms with Crippen LogP contribution in [0.25, 0.3) is 0 Å². The second kappa shape index (κ2) is 9.90. The van der Waals surface area contributed by atoms with Gasteiger partial charge in [-0.3, -0.25) is 14.3 Å². The molecular weight excluding hydrogens is 436 g/mol. The van der Waals surface area contributed by atoms with Crippen LogP contribution in [-0.2, 0) is 13.6 Å². The number of hydrogen-bond acceptors (Lipinski definition) is 6. The van der Waals surface area contributed by atoms with E-state index in [0.717, 1.165) is 30.3 Å². The van der Waals surface area contributed by atoms with Crippen molar-refractivity contribution in [2.24, 2.45) is 29.6 Å². The maximum Gasteiger partial charge on any atom is 0.334 e. The molecule has 2 aromatic heterocycles. The minimum Gasteiger partial charge on any atom is -0.439 e. The molecule has 0 bridgehead atoms. The van der Waals surface area contributed by atoms with Gasteiger partial charge in [0.15, 0.2) is 0 Å². The zero-order valence-electron chi connectivity index (χ0n) is 19.2. The average molecular weight is 465 g/mol. The lowest BCUT2D eigenvalue weighted by molar-refractivity contribution is 0.0995. The van der Waals surface area contributed by atoms with Crippen molar-refractivity contribution in [1.29, 1.82) is 0 Å². The molecule has 1 aliphatic rings. The van der Waals surface area contributed by atoms with Crippen LogP contribution in [0.15, 0.2) is 57.0 Å². The fourth-order valence-electron chi connectivity index (χ4n) is 4.07. The Morgan fingerprint density at radius 3 is 2.53 bits per heavy atom. The Labute approximate surface area is 195 Å². The fraction of sp³-hybridized carbons (Fsp3) is 0.375. The topological polar surface area (TPSA) is 137 Å². The Kier molecular flexibility index (Phi) is 6.76. The van der Waals surface area contributed by atoms with E-state index in [1.54, 1.807) is 41.0 Å². The van der Waals surface area contributed by atoms with Crippen molar-refractivity contribution in [1.82, 2.24) is 19.1 Å². The Hall–Kier alpha value is -3.95. The second-order valence-corrected chi connectivity index (χ2v) is 8.76. The zero-order valence-corrected chi connectivity index (χ0v) is 19.2. The molecule has 0 aliphatic heterocycles. The second-order valence-electron chi connectivity index (χ2n) is 8.76. The van der Waals surface area contributed by atoms with E-state index in [1.807, 2.05) is 0 Å². The van der Waals surface area contributed by atoms with Crippen LogP contribution in [0.5, 0.6) is 11.6 Å². The molecule has 10 nitrogen and oxygen atoms in total. The van der Waals surface area contributed by atoms with E-state index in [2.05, 4.69) is 21.9 Å². The Bertz CT molecular complexity index is 1360. The van der Waals surface area contributed by atoms with Crippen LogP contribution in [0.1, 0.15) is 43.1 Å².